The molecule has 3 N–H and O–H groups in total. The molecule has 0 amide bonds. The van der Waals surface area contributed by atoms with Gasteiger partial charge in [-0.2, -0.15) is 0 Å². The molecule has 0 saturated carbocycles. The maximum absolute atomic E-state index is 13.2. The number of ether oxygens (including phenoxy) is 4. The van der Waals surface area contributed by atoms with Crippen molar-refractivity contribution in [1.82, 2.24) is 0 Å². The number of hydrogen-bond donors (Lipinski definition) is 3. The first-order valence-corrected chi connectivity index (χ1v) is 48.5. The first-order valence-electron chi connectivity index (χ1n) is 45.5. The lowest BCUT2D eigenvalue weighted by molar-refractivity contribution is -0.161. The predicted octanol–water partition coefficient (Wildman–Crippen LogP) is 27.0. The Morgan fingerprint density at radius 1 is 0.252 bits per heavy atom. The molecule has 17 nitrogen and oxygen atoms in total. The van der Waals surface area contributed by atoms with Crippen LogP contribution in [0.5, 0.6) is 0 Å². The van der Waals surface area contributed by atoms with Gasteiger partial charge in [-0.3, -0.25) is 37.3 Å². The van der Waals surface area contributed by atoms with Gasteiger partial charge in [-0.15, -0.1) is 0 Å². The molecule has 0 fully saturated rings. The van der Waals surface area contributed by atoms with Crippen molar-refractivity contribution in [3.63, 3.8) is 0 Å². The highest BCUT2D eigenvalue weighted by Crippen LogP contribution is 2.45. The number of aliphatic hydroxyl groups is 1. The highest BCUT2D eigenvalue weighted by molar-refractivity contribution is 7.47. The van der Waals surface area contributed by atoms with Crippen LogP contribution in [0.2, 0.25) is 0 Å². The molecule has 0 rings (SSSR count). The minimum atomic E-state index is -4.97. The highest BCUT2D eigenvalue weighted by atomic mass is 31.2. The van der Waals surface area contributed by atoms with Crippen LogP contribution in [-0.2, 0) is 65.4 Å². The first-order chi connectivity index (χ1) is 51.9. The van der Waals surface area contributed by atoms with Gasteiger partial charge < -0.3 is 33.8 Å². The van der Waals surface area contributed by atoms with Crippen LogP contribution >= 0.6 is 15.6 Å². The number of carbonyl (C=O) groups is 4. The van der Waals surface area contributed by atoms with E-state index in [2.05, 4.69) is 41.5 Å². The van der Waals surface area contributed by atoms with Gasteiger partial charge in [-0.1, -0.05) is 420 Å². The van der Waals surface area contributed by atoms with Crippen LogP contribution in [0.15, 0.2) is 0 Å². The molecule has 0 saturated heterocycles. The average molecular weight is 1560 g/mol. The molecule has 107 heavy (non-hydrogen) atoms. The van der Waals surface area contributed by atoms with Crippen LogP contribution < -0.4 is 0 Å². The summed E-state index contributed by atoms with van der Waals surface area (Å²) in [6.07, 6.45) is 72.4. The van der Waals surface area contributed by atoms with E-state index in [0.29, 0.717) is 25.7 Å². The van der Waals surface area contributed by atoms with Crippen molar-refractivity contribution in [2.75, 3.05) is 39.6 Å². The smallest absolute Gasteiger partial charge is 0.462 e. The summed E-state index contributed by atoms with van der Waals surface area (Å²) in [5, 5.41) is 10.7. The summed E-state index contributed by atoms with van der Waals surface area (Å²) in [7, 11) is -9.93. The average Bonchev–Trinajstić information content (AvgIpc) is 0.909. The van der Waals surface area contributed by atoms with Crippen LogP contribution in [0, 0.1) is 11.8 Å². The van der Waals surface area contributed by atoms with E-state index >= 15 is 0 Å². The predicted molar refractivity (Wildman–Crippen MR) is 442 cm³/mol. The normalized spacial score (nSPS) is 13.8. The molecule has 0 aliphatic carbocycles. The van der Waals surface area contributed by atoms with Gasteiger partial charge in [0.05, 0.1) is 26.4 Å². The van der Waals surface area contributed by atoms with Crippen LogP contribution in [0.25, 0.3) is 0 Å². The van der Waals surface area contributed by atoms with Gasteiger partial charge in [0.1, 0.15) is 19.3 Å². The largest absolute Gasteiger partial charge is 0.472 e. The van der Waals surface area contributed by atoms with Gasteiger partial charge in [0.25, 0.3) is 0 Å². The quantitative estimate of drug-likeness (QED) is 0.0222. The zero-order valence-electron chi connectivity index (χ0n) is 70.5. The molecule has 0 aromatic rings. The molecule has 0 spiro atoms. The van der Waals surface area contributed by atoms with Gasteiger partial charge in [0.15, 0.2) is 12.2 Å². The van der Waals surface area contributed by atoms with Gasteiger partial charge >= 0.3 is 39.5 Å². The van der Waals surface area contributed by atoms with Crippen molar-refractivity contribution < 1.29 is 80.2 Å². The van der Waals surface area contributed by atoms with Crippen LogP contribution in [0.1, 0.15) is 472 Å². The number of phosphoric ester groups is 2. The van der Waals surface area contributed by atoms with Crippen molar-refractivity contribution in [2.24, 2.45) is 11.8 Å². The van der Waals surface area contributed by atoms with E-state index in [4.69, 9.17) is 37.0 Å². The van der Waals surface area contributed by atoms with Crippen molar-refractivity contribution in [3.05, 3.63) is 0 Å². The fraction of sp³-hybridized carbons (Fsp3) is 0.955. The van der Waals surface area contributed by atoms with E-state index in [0.717, 1.165) is 108 Å². The molecular formula is C88H172O17P2. The minimum absolute atomic E-state index is 0.109. The molecule has 19 heteroatoms. The Labute approximate surface area is 658 Å². The maximum atomic E-state index is 13.2. The van der Waals surface area contributed by atoms with Gasteiger partial charge in [0, 0.05) is 25.7 Å². The van der Waals surface area contributed by atoms with Crippen LogP contribution in [-0.4, -0.2) is 96.7 Å². The fourth-order valence-corrected chi connectivity index (χ4v) is 15.4. The SMILES string of the molecule is CCCCCCCCCCCCCCCCCCCC(=O)O[C@H](COC(=O)CCCCCCCCCC)COP(=O)(O)OC[C@H](O)COP(=O)(O)OC[C@@H](COC(=O)CCCCCCCCCCCCCCCCCCCCC(C)C)OC(=O)CCCCCCCCCCCCCCCCCCCCC(C)C. The number of esters is 4. The van der Waals surface area contributed by atoms with Crippen molar-refractivity contribution >= 4 is 39.5 Å². The Hall–Kier alpha value is -1.94. The third kappa shape index (κ3) is 81.9. The summed E-state index contributed by atoms with van der Waals surface area (Å²) >= 11 is 0. The molecule has 2 unspecified atom stereocenters. The second kappa shape index (κ2) is 79.3. The molecule has 5 atom stereocenters. The third-order valence-electron chi connectivity index (χ3n) is 20.7. The zero-order valence-corrected chi connectivity index (χ0v) is 72.2. The Bertz CT molecular complexity index is 2050. The Balaban J connectivity index is 5.18. The number of carbonyl (C=O) groups excluding carboxylic acids is 4. The Kier molecular flexibility index (Phi) is 77.9. The first kappa shape index (κ1) is 105. The molecule has 0 bridgehead atoms. The number of unbranched alkanes of at least 4 members (excludes halogenated alkanes) is 57. The molecule has 0 radical (unpaired) electrons. The van der Waals surface area contributed by atoms with Crippen LogP contribution in [0.3, 0.4) is 0 Å². The maximum Gasteiger partial charge on any atom is 0.472 e. The topological polar surface area (TPSA) is 237 Å². The van der Waals surface area contributed by atoms with Gasteiger partial charge in [0.2, 0.25) is 0 Å². The van der Waals surface area contributed by atoms with E-state index in [1.54, 1.807) is 0 Å². The molecule has 0 heterocycles. The highest BCUT2D eigenvalue weighted by Gasteiger charge is 2.30. The summed E-state index contributed by atoms with van der Waals surface area (Å²) in [6.45, 7) is 9.73. The summed E-state index contributed by atoms with van der Waals surface area (Å²) in [5.41, 5.74) is 0. The van der Waals surface area contributed by atoms with E-state index < -0.39 is 97.5 Å². The Morgan fingerprint density at radius 2 is 0.430 bits per heavy atom. The van der Waals surface area contributed by atoms with E-state index in [1.165, 1.54) is 283 Å². The molecule has 0 aliphatic rings. The second-order valence-corrected chi connectivity index (χ2v) is 35.5. The van der Waals surface area contributed by atoms with Crippen molar-refractivity contribution in [1.29, 1.82) is 0 Å². The molecule has 0 aromatic carbocycles. The lowest BCUT2D eigenvalue weighted by Gasteiger charge is -2.21. The zero-order chi connectivity index (χ0) is 78.5. The number of phosphoric acid groups is 2. The Morgan fingerprint density at radius 3 is 0.636 bits per heavy atom. The lowest BCUT2D eigenvalue weighted by Crippen LogP contribution is -2.30. The van der Waals surface area contributed by atoms with Crippen LogP contribution in [0.4, 0.5) is 0 Å². The summed E-state index contributed by atoms with van der Waals surface area (Å²) in [5.74, 6) is -0.458. The van der Waals surface area contributed by atoms with Crippen molar-refractivity contribution in [3.8, 4) is 0 Å². The second-order valence-electron chi connectivity index (χ2n) is 32.6. The summed E-state index contributed by atoms with van der Waals surface area (Å²) in [6, 6.07) is 0. The standard InChI is InChI=1S/C88H172O17P2/c1-7-9-11-13-15-17-18-19-20-25-33-38-43-48-54-60-66-72-87(92)104-83(76-98-85(90)70-64-58-52-16-14-12-10-8-2)78-102-106(94,95)100-74-82(89)75-101-107(96,97)103-79-84(105-88(93)73-67-61-55-49-44-39-34-29-24-22-27-31-36-41-46-51-57-63-69-81(5)6)77-99-86(91)71-65-59-53-47-42-37-32-28-23-21-26-30-35-40-45-50-56-62-68-80(3)4/h80-84,89H,7-79H2,1-6H3,(H,94,95)(H,96,97)/t82-,83+,84+/m0/s1. The number of aliphatic hydroxyl groups excluding tert-OH is 1. The van der Waals surface area contributed by atoms with Gasteiger partial charge in [-0.25, -0.2) is 9.13 Å². The third-order valence-corrected chi connectivity index (χ3v) is 22.6. The molecule has 0 aliphatic heterocycles. The summed E-state index contributed by atoms with van der Waals surface area (Å²) in [4.78, 5) is 73.2. The number of rotatable bonds is 87. The van der Waals surface area contributed by atoms with E-state index in [-0.39, 0.29) is 25.7 Å². The monoisotopic (exact) mass is 1560 g/mol. The van der Waals surface area contributed by atoms with E-state index in [1.807, 2.05) is 0 Å². The molecule has 636 valence electrons. The van der Waals surface area contributed by atoms with E-state index in [9.17, 15) is 43.2 Å². The molecule has 0 aromatic heterocycles. The minimum Gasteiger partial charge on any atom is -0.462 e. The fourth-order valence-electron chi connectivity index (χ4n) is 13.8. The van der Waals surface area contributed by atoms with Gasteiger partial charge in [-0.05, 0) is 37.5 Å². The lowest BCUT2D eigenvalue weighted by atomic mass is 10.0. The number of hydrogen-bond acceptors (Lipinski definition) is 15. The summed E-state index contributed by atoms with van der Waals surface area (Å²) < 4.78 is 68.9. The molecular weight excluding hydrogens is 1390 g/mol. The van der Waals surface area contributed by atoms with Crippen molar-refractivity contribution in [2.45, 2.75) is 490 Å².